The summed E-state index contributed by atoms with van der Waals surface area (Å²) < 4.78 is 2.38. The molecule has 8 heteroatoms. The number of benzene rings is 4. The van der Waals surface area contributed by atoms with Gasteiger partial charge in [-0.2, -0.15) is 4.58 Å². The third-order valence-corrected chi connectivity index (χ3v) is 12.0. The van der Waals surface area contributed by atoms with Crippen molar-refractivity contribution < 1.29 is 21.8 Å². The second kappa shape index (κ2) is 17.4. The fraction of sp³-hybridized carbons (Fsp3) is 0.375. The van der Waals surface area contributed by atoms with Crippen LogP contribution in [-0.4, -0.2) is 42.9 Å². The van der Waals surface area contributed by atoms with Gasteiger partial charge in [0.2, 0.25) is 11.6 Å². The number of nitrogens with one attached hydrogen (secondary N) is 1. The SMILES string of the molecule is C[N+]1=C(C=CC2=CC(=CC=C3N(CCCCCC(=O)NCCCN=[N+]=[N-])c4ccc5ccccc5c4C3(C)C)CCC2)C(C)(C)c2c1ccc1ccccc21.[Cl-]. The minimum absolute atomic E-state index is 0. The van der Waals surface area contributed by atoms with Crippen LogP contribution in [0.4, 0.5) is 11.4 Å². The molecule has 1 N–H and O–H groups in total. The molecule has 2 heterocycles. The van der Waals surface area contributed by atoms with E-state index in [0.29, 0.717) is 25.9 Å². The molecule has 7 nitrogen and oxygen atoms in total. The molecule has 290 valence electrons. The average molecular weight is 767 g/mol. The number of halogens is 1. The van der Waals surface area contributed by atoms with E-state index in [1.165, 1.54) is 66.6 Å². The molecule has 56 heavy (non-hydrogen) atoms. The Labute approximate surface area is 338 Å². The average Bonchev–Trinajstić information content (AvgIpc) is 3.53. The van der Waals surface area contributed by atoms with Crippen molar-refractivity contribution in [2.24, 2.45) is 5.11 Å². The van der Waals surface area contributed by atoms with Crippen LogP contribution in [0.15, 0.2) is 125 Å². The topological polar surface area (TPSA) is 84.1 Å². The molecule has 0 bridgehead atoms. The van der Waals surface area contributed by atoms with Crippen LogP contribution in [-0.2, 0) is 15.6 Å². The van der Waals surface area contributed by atoms with Gasteiger partial charge in [-0.25, -0.2) is 0 Å². The van der Waals surface area contributed by atoms with E-state index in [9.17, 15) is 4.79 Å². The molecule has 0 saturated carbocycles. The number of fused-ring (bicyclic) bond motifs is 6. The van der Waals surface area contributed by atoms with Crippen molar-refractivity contribution in [2.45, 2.75) is 89.9 Å². The van der Waals surface area contributed by atoms with Gasteiger partial charge in [-0.15, -0.1) is 0 Å². The van der Waals surface area contributed by atoms with Crippen molar-refractivity contribution >= 4 is 44.5 Å². The van der Waals surface area contributed by atoms with Crippen molar-refractivity contribution in [3.8, 4) is 0 Å². The molecule has 7 rings (SSSR count). The maximum Gasteiger partial charge on any atom is 0.219 e. The Morgan fingerprint density at radius 1 is 0.857 bits per heavy atom. The van der Waals surface area contributed by atoms with Crippen LogP contribution in [0.25, 0.3) is 32.0 Å². The minimum atomic E-state index is -0.168. The van der Waals surface area contributed by atoms with Crippen LogP contribution < -0.4 is 22.6 Å². The number of anilines is 1. The number of carbonyl (C=O) groups is 1. The first-order valence-corrected chi connectivity index (χ1v) is 20.1. The van der Waals surface area contributed by atoms with Gasteiger partial charge in [-0.1, -0.05) is 98.2 Å². The van der Waals surface area contributed by atoms with Crippen LogP contribution in [0, 0.1) is 0 Å². The molecule has 0 aromatic heterocycles. The highest BCUT2D eigenvalue weighted by Crippen LogP contribution is 2.51. The second-order valence-corrected chi connectivity index (χ2v) is 16.4. The number of rotatable bonds is 13. The number of hydrogen-bond donors (Lipinski definition) is 1. The van der Waals surface area contributed by atoms with Crippen LogP contribution >= 0.6 is 0 Å². The summed E-state index contributed by atoms with van der Waals surface area (Å²) in [7, 11) is 2.21. The summed E-state index contributed by atoms with van der Waals surface area (Å²) in [6.45, 7) is 11.3. The van der Waals surface area contributed by atoms with Gasteiger partial charge in [0.25, 0.3) is 0 Å². The number of hydrogen-bond acceptors (Lipinski definition) is 3. The fourth-order valence-corrected chi connectivity index (χ4v) is 9.23. The summed E-state index contributed by atoms with van der Waals surface area (Å²) >= 11 is 0. The molecule has 0 unspecified atom stereocenters. The third-order valence-electron chi connectivity index (χ3n) is 12.0. The normalized spacial score (nSPS) is 18.3. The monoisotopic (exact) mass is 766 g/mol. The lowest BCUT2D eigenvalue weighted by Gasteiger charge is -2.27. The van der Waals surface area contributed by atoms with E-state index in [4.69, 9.17) is 5.53 Å². The highest BCUT2D eigenvalue weighted by molar-refractivity contribution is 6.07. The predicted octanol–water partition coefficient (Wildman–Crippen LogP) is 8.65. The van der Waals surface area contributed by atoms with Crippen LogP contribution in [0.5, 0.6) is 0 Å². The summed E-state index contributed by atoms with van der Waals surface area (Å²) in [5, 5.41) is 11.7. The Hall–Kier alpha value is -5.10. The molecule has 0 spiro atoms. The maximum absolute atomic E-state index is 12.4. The van der Waals surface area contributed by atoms with Crippen LogP contribution in [0.3, 0.4) is 0 Å². The molecule has 4 aromatic carbocycles. The van der Waals surface area contributed by atoms with Crippen molar-refractivity contribution in [1.29, 1.82) is 0 Å². The van der Waals surface area contributed by atoms with E-state index >= 15 is 0 Å². The highest BCUT2D eigenvalue weighted by atomic mass is 35.5. The zero-order valence-corrected chi connectivity index (χ0v) is 34.4. The van der Waals surface area contributed by atoms with Crippen LogP contribution in [0.1, 0.15) is 90.2 Å². The Balaban J connectivity index is 0.00000532. The van der Waals surface area contributed by atoms with E-state index in [1.54, 1.807) is 0 Å². The standard InChI is InChI=1S/C48H54N6O.ClH/c1-47(2)42(53(5)40-26-24-36-17-8-10-19-38(36)45(40)47)28-22-34-15-13-16-35(33-34)23-29-43-48(3,4)46-39-20-11-9-18-37(39)25-27-41(46)54(43)32-12-6-7-21-44(55)50-30-14-31-51-52-49;/h8-11,17-20,22-29,33H,6-7,12-16,21,30-32H2,1-5H3;1H. The molecular formula is C48H55ClN6O. The molecule has 4 aromatic rings. The first-order chi connectivity index (χ1) is 26.6. The maximum atomic E-state index is 12.4. The second-order valence-electron chi connectivity index (χ2n) is 16.4. The first-order valence-electron chi connectivity index (χ1n) is 20.1. The lowest BCUT2D eigenvalue weighted by Crippen LogP contribution is -3.00. The number of amides is 1. The lowest BCUT2D eigenvalue weighted by atomic mass is 9.79. The first kappa shape index (κ1) is 40.6. The van der Waals surface area contributed by atoms with Gasteiger partial charge < -0.3 is 22.6 Å². The molecule has 2 aliphatic heterocycles. The Morgan fingerprint density at radius 2 is 1.57 bits per heavy atom. The van der Waals surface area contributed by atoms with Crippen molar-refractivity contribution in [1.82, 2.24) is 5.32 Å². The zero-order valence-electron chi connectivity index (χ0n) is 33.6. The molecule has 0 radical (unpaired) electrons. The summed E-state index contributed by atoms with van der Waals surface area (Å²) in [5.74, 6) is 0.0679. The number of allylic oxidation sites excluding steroid dienone is 8. The summed E-state index contributed by atoms with van der Waals surface area (Å²) in [5.41, 5.74) is 19.0. The third kappa shape index (κ3) is 8.07. The molecular weight excluding hydrogens is 712 g/mol. The van der Waals surface area contributed by atoms with E-state index in [0.717, 1.165) is 45.1 Å². The minimum Gasteiger partial charge on any atom is -1.00 e. The number of unbranched alkanes of at least 4 members (excludes halogenated alkanes) is 2. The van der Waals surface area contributed by atoms with Crippen molar-refractivity contribution in [3.63, 3.8) is 0 Å². The molecule has 0 saturated heterocycles. The lowest BCUT2D eigenvalue weighted by molar-refractivity contribution is -0.401. The van der Waals surface area contributed by atoms with Gasteiger partial charge in [0.1, 0.15) is 7.05 Å². The Kier molecular flexibility index (Phi) is 12.6. The zero-order chi connectivity index (χ0) is 38.6. The van der Waals surface area contributed by atoms with Gasteiger partial charge in [-0.05, 0) is 114 Å². The Bertz CT molecular complexity index is 2340. The van der Waals surface area contributed by atoms with E-state index in [1.807, 2.05) is 0 Å². The van der Waals surface area contributed by atoms with Gasteiger partial charge in [0.15, 0.2) is 5.71 Å². The smallest absolute Gasteiger partial charge is 0.219 e. The summed E-state index contributed by atoms with van der Waals surface area (Å²) in [6, 6.07) is 26.6. The molecule has 0 fully saturated rings. The fourth-order valence-electron chi connectivity index (χ4n) is 9.23. The van der Waals surface area contributed by atoms with Crippen LogP contribution in [0.2, 0.25) is 0 Å². The highest BCUT2D eigenvalue weighted by Gasteiger charge is 2.44. The van der Waals surface area contributed by atoms with Crippen molar-refractivity contribution in [3.05, 3.63) is 142 Å². The number of azide groups is 1. The summed E-state index contributed by atoms with van der Waals surface area (Å²) in [4.78, 5) is 17.7. The molecule has 3 aliphatic rings. The van der Waals surface area contributed by atoms with Gasteiger partial charge in [-0.3, -0.25) is 4.79 Å². The molecule has 1 amide bonds. The van der Waals surface area contributed by atoms with Crippen molar-refractivity contribution in [2.75, 3.05) is 31.6 Å². The number of carbonyl (C=O) groups excluding carboxylic acids is 1. The van der Waals surface area contributed by atoms with Gasteiger partial charge in [0, 0.05) is 65.5 Å². The molecule has 0 atom stereocenters. The Morgan fingerprint density at radius 3 is 2.32 bits per heavy atom. The number of nitrogens with zero attached hydrogens (tertiary/aromatic N) is 5. The molecule has 1 aliphatic carbocycles. The van der Waals surface area contributed by atoms with E-state index in [-0.39, 0.29) is 29.1 Å². The quantitative estimate of drug-likeness (QED) is 0.0486. The predicted molar refractivity (Wildman–Crippen MR) is 229 cm³/mol. The van der Waals surface area contributed by atoms with Gasteiger partial charge >= 0.3 is 0 Å². The largest absolute Gasteiger partial charge is 1.00 e. The van der Waals surface area contributed by atoms with E-state index in [2.05, 4.69) is 163 Å². The summed E-state index contributed by atoms with van der Waals surface area (Å²) in [6.07, 6.45) is 19.2. The van der Waals surface area contributed by atoms with Gasteiger partial charge in [0.05, 0.1) is 5.41 Å². The van der Waals surface area contributed by atoms with E-state index < -0.39 is 0 Å².